The number of para-hydroxylation sites is 1. The predicted octanol–water partition coefficient (Wildman–Crippen LogP) is 0.953. The molecular weight excluding hydrogens is 242 g/mol. The van der Waals surface area contributed by atoms with Crippen molar-refractivity contribution in [1.29, 1.82) is 0 Å². The molecule has 19 heavy (non-hydrogen) atoms. The molecular formula is C14H19N3O2. The predicted molar refractivity (Wildman–Crippen MR) is 75.5 cm³/mol. The number of likely N-dealkylation sites (N-methyl/N-ethyl adjacent to an activating group) is 1. The first kappa shape index (κ1) is 13.6. The van der Waals surface area contributed by atoms with E-state index < -0.39 is 0 Å². The molecule has 1 amide bonds. The molecule has 0 saturated carbocycles. The van der Waals surface area contributed by atoms with Crippen molar-refractivity contribution in [3.8, 4) is 0 Å². The summed E-state index contributed by atoms with van der Waals surface area (Å²) in [5.74, 6) is 0. The SMILES string of the molecule is CNCCc1cn(C(=O)NCCO)c2ccccc12. The number of aliphatic hydroxyl groups is 1. The second-order valence-corrected chi connectivity index (χ2v) is 4.35. The van der Waals surface area contributed by atoms with Crippen LogP contribution in [0.25, 0.3) is 10.9 Å². The first-order valence-corrected chi connectivity index (χ1v) is 6.40. The Kier molecular flexibility index (Phi) is 4.54. The molecule has 0 spiro atoms. The van der Waals surface area contributed by atoms with Crippen LogP contribution in [-0.2, 0) is 6.42 Å². The zero-order valence-corrected chi connectivity index (χ0v) is 11.0. The maximum absolute atomic E-state index is 12.0. The lowest BCUT2D eigenvalue weighted by Crippen LogP contribution is -2.30. The van der Waals surface area contributed by atoms with Crippen molar-refractivity contribution in [2.24, 2.45) is 0 Å². The number of hydrogen-bond donors (Lipinski definition) is 3. The standard InChI is InChI=1S/C14H19N3O2/c1-15-7-6-11-10-17(14(19)16-8-9-18)13-5-3-2-4-12(11)13/h2-5,10,15,18H,6-9H2,1H3,(H,16,19). The highest BCUT2D eigenvalue weighted by Gasteiger charge is 2.12. The van der Waals surface area contributed by atoms with E-state index in [1.165, 1.54) is 0 Å². The molecule has 0 bridgehead atoms. The summed E-state index contributed by atoms with van der Waals surface area (Å²) in [5, 5.41) is 15.6. The zero-order chi connectivity index (χ0) is 13.7. The van der Waals surface area contributed by atoms with Gasteiger partial charge in [0, 0.05) is 18.1 Å². The molecule has 1 heterocycles. The number of benzene rings is 1. The summed E-state index contributed by atoms with van der Waals surface area (Å²) in [4.78, 5) is 12.0. The number of fused-ring (bicyclic) bond motifs is 1. The van der Waals surface area contributed by atoms with Crippen LogP contribution in [0.5, 0.6) is 0 Å². The van der Waals surface area contributed by atoms with Gasteiger partial charge in [0.25, 0.3) is 0 Å². The molecule has 2 rings (SSSR count). The Labute approximate surface area is 112 Å². The van der Waals surface area contributed by atoms with Gasteiger partial charge in [-0.25, -0.2) is 4.79 Å². The highest BCUT2D eigenvalue weighted by atomic mass is 16.3. The summed E-state index contributed by atoms with van der Waals surface area (Å²) in [6.07, 6.45) is 2.74. The fourth-order valence-electron chi connectivity index (χ4n) is 2.13. The zero-order valence-electron chi connectivity index (χ0n) is 11.0. The molecule has 0 aliphatic heterocycles. The first-order valence-electron chi connectivity index (χ1n) is 6.40. The van der Waals surface area contributed by atoms with Crippen LogP contribution in [0.1, 0.15) is 5.56 Å². The third-order valence-corrected chi connectivity index (χ3v) is 3.05. The molecule has 0 unspecified atom stereocenters. The normalized spacial score (nSPS) is 10.8. The van der Waals surface area contributed by atoms with Crippen molar-refractivity contribution in [3.63, 3.8) is 0 Å². The maximum atomic E-state index is 12.0. The molecule has 0 fully saturated rings. The topological polar surface area (TPSA) is 66.3 Å². The Hall–Kier alpha value is -1.85. The van der Waals surface area contributed by atoms with Crippen molar-refractivity contribution in [2.45, 2.75) is 6.42 Å². The van der Waals surface area contributed by atoms with E-state index in [0.29, 0.717) is 0 Å². The molecule has 0 radical (unpaired) electrons. The largest absolute Gasteiger partial charge is 0.395 e. The third-order valence-electron chi connectivity index (χ3n) is 3.05. The lowest BCUT2D eigenvalue weighted by Gasteiger charge is -2.05. The van der Waals surface area contributed by atoms with Crippen LogP contribution in [0, 0.1) is 0 Å². The molecule has 2 aromatic rings. The summed E-state index contributed by atoms with van der Waals surface area (Å²) in [6.45, 7) is 1.07. The van der Waals surface area contributed by atoms with Crippen LogP contribution in [0.2, 0.25) is 0 Å². The van der Waals surface area contributed by atoms with E-state index in [1.54, 1.807) is 4.57 Å². The van der Waals surface area contributed by atoms with Crippen LogP contribution in [0.15, 0.2) is 30.5 Å². The monoisotopic (exact) mass is 261 g/mol. The molecule has 1 aromatic heterocycles. The van der Waals surface area contributed by atoms with Gasteiger partial charge in [-0.2, -0.15) is 0 Å². The summed E-state index contributed by atoms with van der Waals surface area (Å²) < 4.78 is 1.61. The Morgan fingerprint density at radius 3 is 2.84 bits per heavy atom. The summed E-state index contributed by atoms with van der Waals surface area (Å²) >= 11 is 0. The van der Waals surface area contributed by atoms with E-state index in [0.717, 1.165) is 29.4 Å². The number of carbonyl (C=O) groups excluding carboxylic acids is 1. The average molecular weight is 261 g/mol. The van der Waals surface area contributed by atoms with Gasteiger partial charge in [0.15, 0.2) is 0 Å². The number of amides is 1. The van der Waals surface area contributed by atoms with Crippen molar-refractivity contribution in [1.82, 2.24) is 15.2 Å². The number of aromatic nitrogens is 1. The van der Waals surface area contributed by atoms with E-state index in [1.807, 2.05) is 37.5 Å². The van der Waals surface area contributed by atoms with E-state index in [2.05, 4.69) is 10.6 Å². The lowest BCUT2D eigenvalue weighted by atomic mass is 10.1. The van der Waals surface area contributed by atoms with Gasteiger partial charge >= 0.3 is 6.03 Å². The molecule has 5 nitrogen and oxygen atoms in total. The van der Waals surface area contributed by atoms with E-state index in [9.17, 15) is 4.79 Å². The van der Waals surface area contributed by atoms with E-state index >= 15 is 0 Å². The van der Waals surface area contributed by atoms with Gasteiger partial charge in [0.2, 0.25) is 0 Å². The first-order chi connectivity index (χ1) is 9.27. The van der Waals surface area contributed by atoms with Gasteiger partial charge in [0.1, 0.15) is 0 Å². The fourth-order valence-corrected chi connectivity index (χ4v) is 2.13. The van der Waals surface area contributed by atoms with Gasteiger partial charge in [-0.3, -0.25) is 4.57 Å². The molecule has 5 heteroatoms. The smallest absolute Gasteiger partial charge is 0.326 e. The van der Waals surface area contributed by atoms with Gasteiger partial charge in [-0.15, -0.1) is 0 Å². The number of aliphatic hydroxyl groups excluding tert-OH is 1. The quantitative estimate of drug-likeness (QED) is 0.751. The minimum Gasteiger partial charge on any atom is -0.395 e. The Balaban J connectivity index is 2.35. The maximum Gasteiger partial charge on any atom is 0.326 e. The van der Waals surface area contributed by atoms with Crippen molar-refractivity contribution in [3.05, 3.63) is 36.0 Å². The van der Waals surface area contributed by atoms with E-state index in [-0.39, 0.29) is 19.2 Å². The van der Waals surface area contributed by atoms with Crippen LogP contribution in [-0.4, -0.2) is 42.4 Å². The molecule has 0 aliphatic rings. The molecule has 3 N–H and O–H groups in total. The summed E-state index contributed by atoms with van der Waals surface area (Å²) in [6, 6.07) is 7.63. The molecule has 0 saturated heterocycles. The minimum absolute atomic E-state index is 0.0580. The summed E-state index contributed by atoms with van der Waals surface area (Å²) in [7, 11) is 1.91. The number of rotatable bonds is 5. The number of nitrogens with one attached hydrogen (secondary N) is 2. The number of hydrogen-bond acceptors (Lipinski definition) is 3. The van der Waals surface area contributed by atoms with Crippen molar-refractivity contribution >= 4 is 16.9 Å². The Morgan fingerprint density at radius 2 is 2.11 bits per heavy atom. The molecule has 0 atom stereocenters. The van der Waals surface area contributed by atoms with Gasteiger partial charge in [-0.05, 0) is 31.6 Å². The van der Waals surface area contributed by atoms with Crippen molar-refractivity contribution < 1.29 is 9.90 Å². The van der Waals surface area contributed by atoms with Crippen LogP contribution in [0.4, 0.5) is 4.79 Å². The lowest BCUT2D eigenvalue weighted by molar-refractivity contribution is 0.236. The fraction of sp³-hybridized carbons (Fsp3) is 0.357. The van der Waals surface area contributed by atoms with Gasteiger partial charge < -0.3 is 15.7 Å². The summed E-state index contributed by atoms with van der Waals surface area (Å²) in [5.41, 5.74) is 2.04. The second-order valence-electron chi connectivity index (χ2n) is 4.35. The highest BCUT2D eigenvalue weighted by molar-refractivity contribution is 5.93. The van der Waals surface area contributed by atoms with E-state index in [4.69, 9.17) is 5.11 Å². The highest BCUT2D eigenvalue weighted by Crippen LogP contribution is 2.21. The number of nitrogens with zero attached hydrogens (tertiary/aromatic N) is 1. The second kappa shape index (κ2) is 6.36. The van der Waals surface area contributed by atoms with Gasteiger partial charge in [0.05, 0.1) is 12.1 Å². The van der Waals surface area contributed by atoms with Crippen LogP contribution in [0.3, 0.4) is 0 Å². The Bertz CT molecular complexity index is 563. The molecule has 1 aromatic carbocycles. The minimum atomic E-state index is -0.207. The van der Waals surface area contributed by atoms with Gasteiger partial charge in [-0.1, -0.05) is 18.2 Å². The average Bonchev–Trinajstić information content (AvgIpc) is 2.81. The number of carbonyl (C=O) groups is 1. The Morgan fingerprint density at radius 1 is 1.32 bits per heavy atom. The molecule has 0 aliphatic carbocycles. The van der Waals surface area contributed by atoms with Crippen LogP contribution < -0.4 is 10.6 Å². The van der Waals surface area contributed by atoms with Crippen LogP contribution >= 0.6 is 0 Å². The van der Waals surface area contributed by atoms with Crippen molar-refractivity contribution in [2.75, 3.05) is 26.7 Å². The molecule has 102 valence electrons. The third kappa shape index (κ3) is 2.94.